The van der Waals surface area contributed by atoms with E-state index in [1.807, 2.05) is 24.3 Å². The molecule has 1 aromatic carbocycles. The van der Waals surface area contributed by atoms with Crippen LogP contribution in [0.5, 0.6) is 0 Å². The van der Waals surface area contributed by atoms with Crippen LogP contribution >= 0.6 is 0 Å². The smallest absolute Gasteiger partial charge is 0.222 e. The van der Waals surface area contributed by atoms with E-state index in [-0.39, 0.29) is 12.3 Å². The Balaban J connectivity index is 1.22. The van der Waals surface area contributed by atoms with Crippen LogP contribution in [-0.2, 0) is 58.7 Å². The van der Waals surface area contributed by atoms with Crippen LogP contribution in [-0.4, -0.2) is 165 Å². The molecular formula is C33H56N6O11. The van der Waals surface area contributed by atoms with Crippen LogP contribution in [0.3, 0.4) is 0 Å². The van der Waals surface area contributed by atoms with Gasteiger partial charge in [-0.05, 0) is 12.5 Å². The average molecular weight is 713 g/mol. The zero-order chi connectivity index (χ0) is 35.6. The van der Waals surface area contributed by atoms with E-state index < -0.39 is 0 Å². The number of hydrogen-bond donors (Lipinski definition) is 2. The third kappa shape index (κ3) is 25.2. The van der Waals surface area contributed by atoms with Crippen molar-refractivity contribution in [2.24, 2.45) is 5.73 Å². The number of carbonyl (C=O) groups excluding carboxylic acids is 1. The van der Waals surface area contributed by atoms with E-state index in [0.717, 1.165) is 11.1 Å². The van der Waals surface area contributed by atoms with E-state index in [1.165, 1.54) is 0 Å². The number of carbonyl (C=O) groups is 1. The lowest BCUT2D eigenvalue weighted by atomic mass is 10.1. The number of ether oxygens (including phenoxy) is 10. The largest absolute Gasteiger partial charge is 0.379 e. The zero-order valence-electron chi connectivity index (χ0n) is 29.4. The summed E-state index contributed by atoms with van der Waals surface area (Å²) in [5.41, 5.74) is 7.10. The maximum Gasteiger partial charge on any atom is 0.222 e. The van der Waals surface area contributed by atoms with Crippen LogP contribution in [0.2, 0.25) is 0 Å². The lowest BCUT2D eigenvalue weighted by molar-refractivity contribution is -0.122. The molecule has 0 atom stereocenters. The number of amides is 1. The van der Waals surface area contributed by atoms with Gasteiger partial charge in [0.1, 0.15) is 0 Å². The lowest BCUT2D eigenvalue weighted by Crippen LogP contribution is -2.24. The topological polar surface area (TPSA) is 199 Å². The molecule has 17 nitrogen and oxygen atoms in total. The molecular weight excluding hydrogens is 656 g/mol. The van der Waals surface area contributed by atoms with Gasteiger partial charge in [0, 0.05) is 25.1 Å². The molecule has 17 heteroatoms. The van der Waals surface area contributed by atoms with E-state index >= 15 is 0 Å². The van der Waals surface area contributed by atoms with Crippen LogP contribution in [0, 0.1) is 6.92 Å². The minimum atomic E-state index is -0.0860. The second kappa shape index (κ2) is 32.1. The highest BCUT2D eigenvalue weighted by atomic mass is 16.6. The number of nitrogens with one attached hydrogen (secondary N) is 1. The van der Waals surface area contributed by atoms with E-state index in [9.17, 15) is 4.79 Å². The second-order valence-corrected chi connectivity index (χ2v) is 10.4. The highest BCUT2D eigenvalue weighted by Crippen LogP contribution is 2.14. The maximum atomic E-state index is 12.1. The summed E-state index contributed by atoms with van der Waals surface area (Å²) < 4.78 is 54.3. The fourth-order valence-electron chi connectivity index (χ4n) is 3.79. The highest BCUT2D eigenvalue weighted by Gasteiger charge is 2.05. The van der Waals surface area contributed by atoms with Crippen molar-refractivity contribution in [3.63, 3.8) is 0 Å². The van der Waals surface area contributed by atoms with Crippen LogP contribution in [0.25, 0.3) is 11.4 Å². The first kappa shape index (κ1) is 43.4. The Morgan fingerprint density at radius 3 is 1.22 bits per heavy atom. The van der Waals surface area contributed by atoms with Gasteiger partial charge in [0.25, 0.3) is 0 Å². The first-order valence-electron chi connectivity index (χ1n) is 17.1. The molecule has 284 valence electrons. The molecule has 0 aliphatic rings. The monoisotopic (exact) mass is 712 g/mol. The highest BCUT2D eigenvalue weighted by molar-refractivity contribution is 5.76. The Hall–Kier alpha value is -2.81. The third-order valence-corrected chi connectivity index (χ3v) is 6.36. The van der Waals surface area contributed by atoms with Crippen LogP contribution in [0.1, 0.15) is 17.8 Å². The molecule has 1 amide bonds. The number of benzene rings is 1. The van der Waals surface area contributed by atoms with Crippen molar-refractivity contribution in [2.45, 2.75) is 19.9 Å². The summed E-state index contributed by atoms with van der Waals surface area (Å²) in [5.74, 6) is 0.889. The molecule has 1 aromatic heterocycles. The van der Waals surface area contributed by atoms with Gasteiger partial charge >= 0.3 is 0 Å². The summed E-state index contributed by atoms with van der Waals surface area (Å²) >= 11 is 0. The summed E-state index contributed by atoms with van der Waals surface area (Å²) in [6.07, 6.45) is 0.271. The van der Waals surface area contributed by atoms with Crippen LogP contribution < -0.4 is 11.1 Å². The van der Waals surface area contributed by atoms with Crippen molar-refractivity contribution in [2.75, 3.05) is 139 Å². The van der Waals surface area contributed by atoms with Gasteiger partial charge < -0.3 is 58.4 Å². The van der Waals surface area contributed by atoms with E-state index in [4.69, 9.17) is 53.1 Å². The summed E-state index contributed by atoms with van der Waals surface area (Å²) in [7, 11) is 0. The number of nitrogens with zero attached hydrogens (tertiary/aromatic N) is 4. The van der Waals surface area contributed by atoms with Gasteiger partial charge in [-0.2, -0.15) is 0 Å². The Morgan fingerprint density at radius 1 is 0.520 bits per heavy atom. The van der Waals surface area contributed by atoms with Crippen molar-refractivity contribution < 1.29 is 52.2 Å². The quantitative estimate of drug-likeness (QED) is 0.0929. The van der Waals surface area contributed by atoms with Gasteiger partial charge in [-0.1, -0.05) is 24.3 Å². The maximum absolute atomic E-state index is 12.1. The molecule has 0 spiro atoms. The molecule has 3 N–H and O–H groups in total. The molecule has 0 bridgehead atoms. The van der Waals surface area contributed by atoms with Crippen LogP contribution in [0.4, 0.5) is 0 Å². The van der Waals surface area contributed by atoms with Gasteiger partial charge in [-0.3, -0.25) is 4.79 Å². The zero-order valence-corrected chi connectivity index (χ0v) is 29.4. The summed E-state index contributed by atoms with van der Waals surface area (Å²) in [6, 6.07) is 7.55. The Morgan fingerprint density at radius 2 is 0.860 bits per heavy atom. The third-order valence-electron chi connectivity index (χ3n) is 6.36. The minimum absolute atomic E-state index is 0.0860. The molecule has 0 saturated heterocycles. The first-order valence-corrected chi connectivity index (χ1v) is 17.1. The fraction of sp³-hybridized carbons (Fsp3) is 0.727. The summed E-state index contributed by atoms with van der Waals surface area (Å²) in [6.45, 7) is 12.4. The van der Waals surface area contributed by atoms with E-state index in [0.29, 0.717) is 157 Å². The molecule has 2 rings (SSSR count). The molecule has 1 heterocycles. The molecule has 0 saturated carbocycles. The molecule has 2 aromatic rings. The van der Waals surface area contributed by atoms with Crippen molar-refractivity contribution in [3.8, 4) is 11.4 Å². The molecule has 0 radical (unpaired) electrons. The van der Waals surface area contributed by atoms with Gasteiger partial charge in [0.05, 0.1) is 132 Å². The predicted molar refractivity (Wildman–Crippen MR) is 182 cm³/mol. The standard InChI is InChI=1S/C33H56N6O11/c1-29-36-38-33(39-37-29)31-4-2-30(3-5-31)28-35-32(40)6-8-41-10-12-43-14-16-45-18-20-47-22-24-49-26-27-50-25-23-48-21-19-46-17-15-44-13-11-42-9-7-34/h2-5H,6-28,34H2,1H3,(H,35,40). The van der Waals surface area contributed by atoms with E-state index in [2.05, 4.69) is 25.7 Å². The van der Waals surface area contributed by atoms with Crippen molar-refractivity contribution in [3.05, 3.63) is 35.7 Å². The van der Waals surface area contributed by atoms with Gasteiger partial charge in [-0.15, -0.1) is 20.4 Å². The normalized spacial score (nSPS) is 11.3. The average Bonchev–Trinajstić information content (AvgIpc) is 3.13. The van der Waals surface area contributed by atoms with Crippen molar-refractivity contribution in [1.29, 1.82) is 0 Å². The Bertz CT molecular complexity index is 1060. The van der Waals surface area contributed by atoms with Crippen molar-refractivity contribution in [1.82, 2.24) is 25.7 Å². The molecule has 0 aliphatic carbocycles. The fourth-order valence-corrected chi connectivity index (χ4v) is 3.79. The summed E-state index contributed by atoms with van der Waals surface area (Å²) in [5, 5.41) is 18.8. The minimum Gasteiger partial charge on any atom is -0.379 e. The molecule has 50 heavy (non-hydrogen) atoms. The van der Waals surface area contributed by atoms with Gasteiger partial charge in [0.15, 0.2) is 5.82 Å². The van der Waals surface area contributed by atoms with Gasteiger partial charge in [0.2, 0.25) is 11.7 Å². The number of hydrogen-bond acceptors (Lipinski definition) is 16. The molecule has 0 fully saturated rings. The molecule has 0 unspecified atom stereocenters. The predicted octanol–water partition coefficient (Wildman–Crippen LogP) is 0.373. The van der Waals surface area contributed by atoms with Gasteiger partial charge in [-0.25, -0.2) is 0 Å². The first-order chi connectivity index (χ1) is 24.7. The number of nitrogens with two attached hydrogens (primary N) is 1. The number of aryl methyl sites for hydroxylation is 1. The van der Waals surface area contributed by atoms with Crippen molar-refractivity contribution >= 4 is 5.91 Å². The number of aromatic nitrogens is 4. The summed E-state index contributed by atoms with van der Waals surface area (Å²) in [4.78, 5) is 12.1. The molecule has 0 aliphatic heterocycles. The SMILES string of the molecule is Cc1nnc(-c2ccc(CNC(=O)CCOCCOCCOCCOCCOCCOCCOCCOCCOCCOCCN)cc2)nn1. The second-order valence-electron chi connectivity index (χ2n) is 10.4. The lowest BCUT2D eigenvalue weighted by Gasteiger charge is -2.09. The van der Waals surface area contributed by atoms with Crippen LogP contribution in [0.15, 0.2) is 24.3 Å². The Labute approximate surface area is 295 Å². The Kier molecular flexibility index (Phi) is 27.9. The van der Waals surface area contributed by atoms with E-state index in [1.54, 1.807) is 6.92 Å². The number of rotatable bonds is 35.